The van der Waals surface area contributed by atoms with Crippen LogP contribution in [0.2, 0.25) is 0 Å². The van der Waals surface area contributed by atoms with Crippen LogP contribution in [0.1, 0.15) is 29.2 Å². The molecule has 0 spiro atoms. The third kappa shape index (κ3) is 4.98. The molecule has 5 rings (SSSR count). The highest BCUT2D eigenvalue weighted by Crippen LogP contribution is 2.40. The Bertz CT molecular complexity index is 1300. The number of morpholine rings is 1. The van der Waals surface area contributed by atoms with Crippen molar-refractivity contribution in [3.63, 3.8) is 0 Å². The first-order valence-corrected chi connectivity index (χ1v) is 12.8. The summed E-state index contributed by atoms with van der Waals surface area (Å²) in [4.78, 5) is 0. The van der Waals surface area contributed by atoms with Crippen LogP contribution >= 0.6 is 0 Å². The number of benzene rings is 4. The Balaban J connectivity index is 1.63. The lowest BCUT2D eigenvalue weighted by molar-refractivity contribution is -0.129. The maximum atomic E-state index is 6.85. The third-order valence-corrected chi connectivity index (χ3v) is 7.32. The van der Waals surface area contributed by atoms with E-state index in [4.69, 9.17) is 19.9 Å². The minimum atomic E-state index is -0.722. The van der Waals surface area contributed by atoms with E-state index in [1.165, 1.54) is 0 Å². The van der Waals surface area contributed by atoms with Crippen LogP contribution in [-0.2, 0) is 15.9 Å². The molecule has 2 unspecified atom stereocenters. The number of methoxy groups -OCH3 is 2. The van der Waals surface area contributed by atoms with Gasteiger partial charge < -0.3 is 25.3 Å². The van der Waals surface area contributed by atoms with E-state index in [9.17, 15) is 0 Å². The van der Waals surface area contributed by atoms with Crippen LogP contribution in [0, 0.1) is 0 Å². The molecule has 1 aliphatic rings. The number of nitrogen functional groups attached to an aromatic ring is 1. The van der Waals surface area contributed by atoms with Crippen LogP contribution in [0.5, 0.6) is 11.5 Å². The maximum Gasteiger partial charge on any atom is 0.123 e. The molecule has 38 heavy (non-hydrogen) atoms. The molecule has 1 heterocycles. The monoisotopic (exact) mass is 509 g/mol. The molecule has 1 aliphatic heterocycles. The molecule has 1 fully saturated rings. The molecule has 0 amide bonds. The summed E-state index contributed by atoms with van der Waals surface area (Å²) in [5.74, 6) is 1.60. The number of hydrogen-bond acceptors (Lipinski definition) is 6. The highest BCUT2D eigenvalue weighted by molar-refractivity contribution is 5.51. The molecule has 6 nitrogen and oxygen atoms in total. The van der Waals surface area contributed by atoms with Crippen molar-refractivity contribution in [1.29, 1.82) is 0 Å². The molecule has 0 aromatic heterocycles. The zero-order valence-electron chi connectivity index (χ0n) is 22.1. The standard InChI is InChI=1S/C32H35N3O3/c1-31(26-10-7-11-27(33)20-26)22-34-21-30(38-31)35-32(23-8-5-4-6-9-23,24-12-16-28(36-2)17-13-24)25-14-18-29(37-3)19-15-25/h4-20,30,34-35H,21-22,33H2,1-3H3. The van der Waals surface area contributed by atoms with Crippen LogP contribution in [0.4, 0.5) is 5.69 Å². The molecule has 0 aliphatic carbocycles. The lowest BCUT2D eigenvalue weighted by Crippen LogP contribution is -2.60. The van der Waals surface area contributed by atoms with Gasteiger partial charge >= 0.3 is 0 Å². The summed E-state index contributed by atoms with van der Waals surface area (Å²) in [6.07, 6.45) is -0.320. The Morgan fingerprint density at radius 1 is 0.816 bits per heavy atom. The predicted molar refractivity (Wildman–Crippen MR) is 151 cm³/mol. The van der Waals surface area contributed by atoms with E-state index in [-0.39, 0.29) is 6.23 Å². The van der Waals surface area contributed by atoms with E-state index < -0.39 is 11.1 Å². The summed E-state index contributed by atoms with van der Waals surface area (Å²) in [5, 5.41) is 7.52. The van der Waals surface area contributed by atoms with Gasteiger partial charge in [-0.2, -0.15) is 0 Å². The first-order valence-electron chi connectivity index (χ1n) is 12.8. The third-order valence-electron chi connectivity index (χ3n) is 7.32. The van der Waals surface area contributed by atoms with Gasteiger partial charge in [-0.25, -0.2) is 0 Å². The smallest absolute Gasteiger partial charge is 0.123 e. The van der Waals surface area contributed by atoms with Crippen LogP contribution in [0.3, 0.4) is 0 Å². The number of rotatable bonds is 8. The Hall–Kier alpha value is -3.84. The highest BCUT2D eigenvalue weighted by Gasteiger charge is 2.42. The van der Waals surface area contributed by atoms with Gasteiger partial charge in [0.1, 0.15) is 23.3 Å². The zero-order chi connectivity index (χ0) is 26.6. The van der Waals surface area contributed by atoms with Crippen molar-refractivity contribution in [3.05, 3.63) is 125 Å². The predicted octanol–water partition coefficient (Wildman–Crippen LogP) is 5.03. The molecule has 196 valence electrons. The lowest BCUT2D eigenvalue weighted by atomic mass is 9.76. The lowest BCUT2D eigenvalue weighted by Gasteiger charge is -2.45. The van der Waals surface area contributed by atoms with E-state index in [1.807, 2.05) is 48.5 Å². The van der Waals surface area contributed by atoms with Gasteiger partial charge in [0.05, 0.1) is 19.8 Å². The molecule has 0 radical (unpaired) electrons. The zero-order valence-corrected chi connectivity index (χ0v) is 22.1. The van der Waals surface area contributed by atoms with Crippen molar-refractivity contribution in [2.24, 2.45) is 0 Å². The highest BCUT2D eigenvalue weighted by atomic mass is 16.5. The Morgan fingerprint density at radius 3 is 1.95 bits per heavy atom. The molecular weight excluding hydrogens is 474 g/mol. The second-order valence-electron chi connectivity index (χ2n) is 9.81. The topological polar surface area (TPSA) is 77.8 Å². The SMILES string of the molecule is COc1ccc(C(NC2CNCC(C)(c3cccc(N)c3)O2)(c2ccccc2)c2ccc(OC)cc2)cc1. The summed E-state index contributed by atoms with van der Waals surface area (Å²) in [6, 6.07) is 34.8. The summed E-state index contributed by atoms with van der Waals surface area (Å²) >= 11 is 0. The fraction of sp³-hybridized carbons (Fsp3) is 0.250. The quantitative estimate of drug-likeness (QED) is 0.229. The second-order valence-corrected chi connectivity index (χ2v) is 9.81. The number of ether oxygens (including phenoxy) is 3. The fourth-order valence-electron chi connectivity index (χ4n) is 5.32. The molecule has 2 atom stereocenters. The molecule has 1 saturated heterocycles. The van der Waals surface area contributed by atoms with Crippen molar-refractivity contribution in [1.82, 2.24) is 10.6 Å². The fourth-order valence-corrected chi connectivity index (χ4v) is 5.32. The van der Waals surface area contributed by atoms with E-state index in [2.05, 4.69) is 72.2 Å². The van der Waals surface area contributed by atoms with Crippen molar-refractivity contribution >= 4 is 5.69 Å². The van der Waals surface area contributed by atoms with Crippen LogP contribution < -0.4 is 25.8 Å². The minimum absolute atomic E-state index is 0.320. The van der Waals surface area contributed by atoms with Gasteiger partial charge in [0.15, 0.2) is 0 Å². The molecule has 4 aromatic rings. The number of nitrogens with two attached hydrogens (primary N) is 1. The van der Waals surface area contributed by atoms with Crippen molar-refractivity contribution < 1.29 is 14.2 Å². The van der Waals surface area contributed by atoms with Crippen molar-refractivity contribution in [2.75, 3.05) is 33.0 Å². The second kappa shape index (κ2) is 10.9. The maximum absolute atomic E-state index is 6.85. The largest absolute Gasteiger partial charge is 0.497 e. The van der Waals surface area contributed by atoms with Crippen LogP contribution in [-0.4, -0.2) is 33.5 Å². The summed E-state index contributed by atoms with van der Waals surface area (Å²) in [5.41, 5.74) is 9.82. The summed E-state index contributed by atoms with van der Waals surface area (Å²) in [6.45, 7) is 3.42. The van der Waals surface area contributed by atoms with E-state index in [1.54, 1.807) is 14.2 Å². The summed E-state index contributed by atoms with van der Waals surface area (Å²) < 4.78 is 17.8. The normalized spacial score (nSPS) is 19.6. The molecule has 0 bridgehead atoms. The van der Waals surface area contributed by atoms with Gasteiger partial charge in [-0.05, 0) is 65.6 Å². The van der Waals surface area contributed by atoms with Crippen molar-refractivity contribution in [3.8, 4) is 11.5 Å². The van der Waals surface area contributed by atoms with Gasteiger partial charge in [-0.15, -0.1) is 0 Å². The molecule has 4 N–H and O–H groups in total. The van der Waals surface area contributed by atoms with Crippen LogP contribution in [0.15, 0.2) is 103 Å². The summed E-state index contributed by atoms with van der Waals surface area (Å²) in [7, 11) is 3.36. The van der Waals surface area contributed by atoms with Gasteiger partial charge in [0.25, 0.3) is 0 Å². The van der Waals surface area contributed by atoms with Crippen LogP contribution in [0.25, 0.3) is 0 Å². The van der Waals surface area contributed by atoms with Gasteiger partial charge in [0.2, 0.25) is 0 Å². The first kappa shape index (κ1) is 25.8. The average molecular weight is 510 g/mol. The first-order chi connectivity index (χ1) is 18.5. The molecular formula is C32H35N3O3. The van der Waals surface area contributed by atoms with Gasteiger partial charge in [-0.3, -0.25) is 5.32 Å². The van der Waals surface area contributed by atoms with Gasteiger partial charge in [-0.1, -0.05) is 66.7 Å². The van der Waals surface area contributed by atoms with E-state index >= 15 is 0 Å². The molecule has 6 heteroatoms. The Morgan fingerprint density at radius 2 is 1.39 bits per heavy atom. The van der Waals surface area contributed by atoms with Crippen molar-refractivity contribution in [2.45, 2.75) is 24.3 Å². The Kier molecular flexibility index (Phi) is 7.38. The number of hydrogen-bond donors (Lipinski definition) is 3. The molecule has 0 saturated carbocycles. The van der Waals surface area contributed by atoms with E-state index in [0.717, 1.165) is 39.4 Å². The average Bonchev–Trinajstić information content (AvgIpc) is 2.97. The molecule has 4 aromatic carbocycles. The number of anilines is 1. The Labute approximate surface area is 224 Å². The number of nitrogens with one attached hydrogen (secondary N) is 2. The minimum Gasteiger partial charge on any atom is -0.497 e. The van der Waals surface area contributed by atoms with E-state index in [0.29, 0.717) is 13.1 Å². The van der Waals surface area contributed by atoms with Gasteiger partial charge in [0, 0.05) is 18.8 Å².